The van der Waals surface area contributed by atoms with E-state index >= 15 is 0 Å². The van der Waals surface area contributed by atoms with Gasteiger partial charge in [0, 0.05) is 37.9 Å². The molecule has 14 nitrogen and oxygen atoms in total. The maximum Gasteiger partial charge on any atom is 0.251 e. The first-order valence-electron chi connectivity index (χ1n) is 18.9. The molecule has 6 amide bonds. The maximum absolute atomic E-state index is 14.0. The normalized spacial score (nSPS) is 25.4. The lowest BCUT2D eigenvalue weighted by Crippen LogP contribution is -2.58. The van der Waals surface area contributed by atoms with Crippen LogP contribution >= 0.6 is 0 Å². The first kappa shape index (κ1) is 41.0. The number of benzene rings is 2. The van der Waals surface area contributed by atoms with Crippen molar-refractivity contribution in [2.45, 2.75) is 90.9 Å². The van der Waals surface area contributed by atoms with Crippen LogP contribution in [-0.2, 0) is 41.9 Å². The monoisotopic (exact) mass is 764 g/mol. The number of fused-ring (bicyclic) bond motifs is 2. The van der Waals surface area contributed by atoms with Gasteiger partial charge in [-0.15, -0.1) is 0 Å². The zero-order valence-corrected chi connectivity index (χ0v) is 32.6. The van der Waals surface area contributed by atoms with Gasteiger partial charge in [0.15, 0.2) is 0 Å². The van der Waals surface area contributed by atoms with Crippen molar-refractivity contribution in [2.24, 2.45) is 11.8 Å². The number of amides is 6. The average Bonchev–Trinajstić information content (AvgIpc) is 3.16. The molecule has 0 radical (unpaired) electrons. The average molecular weight is 765 g/mol. The summed E-state index contributed by atoms with van der Waals surface area (Å²) in [4.78, 5) is 86.4. The van der Waals surface area contributed by atoms with Crippen LogP contribution in [-0.4, -0.2) is 81.5 Å². The molecule has 56 heavy (non-hydrogen) atoms. The Labute approximate surface area is 327 Å². The third kappa shape index (κ3) is 10.5. The third-order valence-corrected chi connectivity index (χ3v) is 9.73. The number of carbonyl (C=O) groups excluding carboxylic acids is 6. The summed E-state index contributed by atoms with van der Waals surface area (Å²) in [5, 5.41) is 16.8. The summed E-state index contributed by atoms with van der Waals surface area (Å²) < 4.78 is 0. The van der Waals surface area contributed by atoms with Crippen LogP contribution in [0, 0.1) is 11.8 Å². The van der Waals surface area contributed by atoms with E-state index in [1.54, 1.807) is 74.4 Å². The highest BCUT2D eigenvalue weighted by Crippen LogP contribution is 2.20. The fourth-order valence-electron chi connectivity index (χ4n) is 6.45. The Morgan fingerprint density at radius 3 is 1.20 bits per heavy atom. The molecule has 3 aliphatic heterocycles. The molecule has 6 atom stereocenters. The molecule has 2 aromatic rings. The zero-order valence-electron chi connectivity index (χ0n) is 32.6. The molecule has 14 heteroatoms. The Kier molecular flexibility index (Phi) is 13.5. The van der Waals surface area contributed by atoms with Crippen LogP contribution in [0.1, 0.15) is 52.7 Å². The second-order valence-corrected chi connectivity index (χ2v) is 15.0. The first-order valence-corrected chi connectivity index (χ1v) is 18.9. The van der Waals surface area contributed by atoms with Crippen LogP contribution in [0.3, 0.4) is 0 Å². The molecule has 0 aliphatic carbocycles. The minimum atomic E-state index is -1.06. The predicted molar refractivity (Wildman–Crippen MR) is 211 cm³/mol. The molecular weight excluding hydrogens is 713 g/mol. The van der Waals surface area contributed by atoms with Gasteiger partial charge in [-0.1, -0.05) is 88.4 Å². The van der Waals surface area contributed by atoms with E-state index in [9.17, 15) is 28.8 Å². The van der Waals surface area contributed by atoms with Gasteiger partial charge in [0.2, 0.25) is 23.6 Å². The molecule has 1 fully saturated rings. The van der Waals surface area contributed by atoms with E-state index in [2.05, 4.69) is 31.9 Å². The minimum Gasteiger partial charge on any atom is -0.350 e. The summed E-state index contributed by atoms with van der Waals surface area (Å²) >= 11 is 0. The van der Waals surface area contributed by atoms with Crippen LogP contribution < -0.4 is 31.9 Å². The molecule has 6 N–H and O–H groups in total. The molecule has 0 saturated carbocycles. The number of carbonyl (C=O) groups is 6. The van der Waals surface area contributed by atoms with E-state index in [4.69, 9.17) is 0 Å². The Balaban J connectivity index is 1.46. The Hall–Kier alpha value is -6.18. The van der Waals surface area contributed by atoms with E-state index in [1.165, 1.54) is 13.8 Å². The van der Waals surface area contributed by atoms with Gasteiger partial charge in [0.25, 0.3) is 11.8 Å². The highest BCUT2D eigenvalue weighted by Gasteiger charge is 2.35. The molecule has 0 spiro atoms. The summed E-state index contributed by atoms with van der Waals surface area (Å²) in [5.41, 5.74) is 2.28. The van der Waals surface area contributed by atoms with Gasteiger partial charge in [0.1, 0.15) is 24.2 Å². The lowest BCUT2D eigenvalue weighted by molar-refractivity contribution is -0.133. The second kappa shape index (κ2) is 18.4. The highest BCUT2D eigenvalue weighted by molar-refractivity contribution is 6.02. The van der Waals surface area contributed by atoms with Crippen LogP contribution in [0.2, 0.25) is 0 Å². The number of nitrogens with zero attached hydrogens (tertiary/aromatic N) is 2. The van der Waals surface area contributed by atoms with Gasteiger partial charge in [-0.05, 0) is 49.0 Å². The quantitative estimate of drug-likeness (QED) is 0.259. The van der Waals surface area contributed by atoms with Crippen molar-refractivity contribution in [2.75, 3.05) is 0 Å². The number of nitrogens with one attached hydrogen (secondary N) is 6. The summed E-state index contributed by atoms with van der Waals surface area (Å²) in [7, 11) is 0. The standard InChI is InChI=1S/C42H52N8O6/c1-25(2)35-41(55)43-27(5)37(51)46-34-18-20-50(22-30-15-11-8-12-16-30)24-32(34)40(54)48-36(26(3)4)42(56)44-28(6)38(52)45-33-17-19-49(23-31(33)39(53)47-35)21-29-13-9-7-10-14-29/h7-20,23-28,33-36H,21-22H2,1-6H3,(H,43,55)(H,44,56)(H,45,52)(H,46,51)(H,47,53)(H,48,54)/t27-,28-,33-,34+,35-,36-/m1/s1. The summed E-state index contributed by atoms with van der Waals surface area (Å²) in [5.74, 6) is -4.29. The molecule has 296 valence electrons. The fraction of sp³-hybridized carbons (Fsp3) is 0.381. The fourth-order valence-corrected chi connectivity index (χ4v) is 6.45. The van der Waals surface area contributed by atoms with E-state index in [0.29, 0.717) is 13.1 Å². The number of hydrogen-bond acceptors (Lipinski definition) is 8. The molecule has 3 heterocycles. The van der Waals surface area contributed by atoms with Crippen molar-refractivity contribution in [3.63, 3.8) is 0 Å². The Morgan fingerprint density at radius 1 is 0.500 bits per heavy atom. The van der Waals surface area contributed by atoms with Gasteiger partial charge in [-0.2, -0.15) is 0 Å². The van der Waals surface area contributed by atoms with Gasteiger partial charge in [-0.25, -0.2) is 0 Å². The number of rotatable bonds is 6. The van der Waals surface area contributed by atoms with Gasteiger partial charge in [-0.3, -0.25) is 28.8 Å². The molecule has 5 rings (SSSR count). The maximum atomic E-state index is 14.0. The lowest BCUT2D eigenvalue weighted by atomic mass is 9.98. The minimum absolute atomic E-state index is 0.158. The van der Waals surface area contributed by atoms with Crippen molar-refractivity contribution in [3.8, 4) is 0 Å². The largest absolute Gasteiger partial charge is 0.350 e. The predicted octanol–water partition coefficient (Wildman–Crippen LogP) is 2.09. The molecule has 0 aromatic heterocycles. The summed E-state index contributed by atoms with van der Waals surface area (Å²) in [6.07, 6.45) is 10.0. The Bertz CT molecular complexity index is 1770. The van der Waals surface area contributed by atoms with Crippen molar-refractivity contribution < 1.29 is 28.8 Å². The first-order chi connectivity index (χ1) is 26.7. The van der Waals surface area contributed by atoms with E-state index < -0.39 is 71.7 Å². The van der Waals surface area contributed by atoms with Crippen LogP contribution in [0.5, 0.6) is 0 Å². The van der Waals surface area contributed by atoms with Crippen LogP contribution in [0.15, 0.2) is 109 Å². The van der Waals surface area contributed by atoms with Crippen LogP contribution in [0.25, 0.3) is 0 Å². The highest BCUT2D eigenvalue weighted by atomic mass is 16.2. The smallest absolute Gasteiger partial charge is 0.251 e. The number of hydrogen-bond donors (Lipinski definition) is 6. The van der Waals surface area contributed by atoms with Gasteiger partial charge >= 0.3 is 0 Å². The summed E-state index contributed by atoms with van der Waals surface area (Å²) in [6, 6.07) is 13.2. The lowest BCUT2D eigenvalue weighted by Gasteiger charge is -2.31. The Morgan fingerprint density at radius 2 is 0.857 bits per heavy atom. The molecule has 3 aliphatic rings. The van der Waals surface area contributed by atoms with Crippen molar-refractivity contribution >= 4 is 35.4 Å². The molecule has 0 bridgehead atoms. The van der Waals surface area contributed by atoms with Crippen LogP contribution in [0.4, 0.5) is 0 Å². The second-order valence-electron chi connectivity index (χ2n) is 15.0. The molecular formula is C42H52N8O6. The molecule has 2 aromatic carbocycles. The molecule has 1 saturated heterocycles. The molecule has 0 unspecified atom stereocenters. The van der Waals surface area contributed by atoms with E-state index in [1.807, 2.05) is 60.7 Å². The summed E-state index contributed by atoms with van der Waals surface area (Å²) in [6.45, 7) is 11.0. The van der Waals surface area contributed by atoms with E-state index in [0.717, 1.165) is 11.1 Å². The van der Waals surface area contributed by atoms with Crippen molar-refractivity contribution in [1.82, 2.24) is 41.7 Å². The SMILES string of the molecule is CC(C)[C@H]1NC(=O)C2=CN(Cc3ccccc3)C=C[C@@H]2NC(=O)[C@@H](C)NC(=O)[C@@H](C(C)C)NC(=O)C2=CN(Cc3ccccc3)C=C[C@H]2NC(=O)[C@@H](C)NC1=O. The van der Waals surface area contributed by atoms with Crippen molar-refractivity contribution in [3.05, 3.63) is 120 Å². The van der Waals surface area contributed by atoms with E-state index in [-0.39, 0.29) is 23.0 Å². The van der Waals surface area contributed by atoms with Gasteiger partial charge in [0.05, 0.1) is 23.2 Å². The van der Waals surface area contributed by atoms with Crippen molar-refractivity contribution in [1.29, 1.82) is 0 Å². The topological polar surface area (TPSA) is 181 Å². The third-order valence-electron chi connectivity index (χ3n) is 9.73. The zero-order chi connectivity index (χ0) is 40.5. The van der Waals surface area contributed by atoms with Gasteiger partial charge < -0.3 is 41.7 Å².